The fourth-order valence-electron chi connectivity index (χ4n) is 1.16. The average molecular weight is 170 g/mol. The lowest BCUT2D eigenvalue weighted by atomic mass is 10.1. The van der Waals surface area contributed by atoms with Crippen LogP contribution in [0, 0.1) is 13.8 Å². The van der Waals surface area contributed by atoms with Crippen LogP contribution in [0.4, 0.5) is 5.69 Å². The van der Waals surface area contributed by atoms with Gasteiger partial charge in [0.25, 0.3) is 0 Å². The van der Waals surface area contributed by atoms with Gasteiger partial charge in [0.2, 0.25) is 0 Å². The van der Waals surface area contributed by atoms with Crippen molar-refractivity contribution in [3.63, 3.8) is 0 Å². The van der Waals surface area contributed by atoms with Crippen molar-refractivity contribution < 1.29 is 0 Å². The van der Waals surface area contributed by atoms with E-state index in [1.165, 1.54) is 11.1 Å². The quantitative estimate of drug-likeness (QED) is 0.530. The first-order valence-electron chi connectivity index (χ1n) is 3.61. The summed E-state index contributed by atoms with van der Waals surface area (Å²) in [6.45, 7) is 4.14. The zero-order valence-corrected chi connectivity index (χ0v) is 7.57. The number of benzene rings is 1. The van der Waals surface area contributed by atoms with Crippen molar-refractivity contribution in [2.24, 2.45) is 0 Å². The van der Waals surface area contributed by atoms with Gasteiger partial charge in [-0.1, -0.05) is 18.2 Å². The molecule has 0 heterocycles. The number of anilines is 1. The summed E-state index contributed by atoms with van der Waals surface area (Å²) in [5.41, 5.74) is 3.64. The lowest BCUT2D eigenvalue weighted by Crippen LogP contribution is -1.98. The van der Waals surface area contributed by atoms with E-state index >= 15 is 0 Å². The molecule has 0 spiro atoms. The van der Waals surface area contributed by atoms with Crippen LogP contribution in [-0.2, 0) is 0 Å². The Balaban J connectivity index is 3.00. The Morgan fingerprint density at radius 3 is 2.27 bits per heavy atom. The van der Waals surface area contributed by atoms with E-state index in [1.54, 1.807) is 0 Å². The van der Waals surface area contributed by atoms with E-state index in [1.807, 2.05) is 6.07 Å². The molecule has 0 atom stereocenters. The minimum Gasteiger partial charge on any atom is -0.371 e. The maximum absolute atomic E-state index is 5.57. The Morgan fingerprint density at radius 2 is 1.82 bits per heavy atom. The molecule has 0 fully saturated rings. The molecule has 60 valence electrons. The van der Waals surface area contributed by atoms with Crippen LogP contribution in [0.25, 0.3) is 0 Å². The monoisotopic (exact) mass is 169 g/mol. The van der Waals surface area contributed by atoms with Crippen molar-refractivity contribution in [3.05, 3.63) is 29.3 Å². The Bertz CT molecular complexity index is 225. The Kier molecular flexibility index (Phi) is 2.77. The number of para-hydroxylation sites is 1. The van der Waals surface area contributed by atoms with Crippen molar-refractivity contribution in [3.8, 4) is 0 Å². The van der Waals surface area contributed by atoms with Crippen molar-refractivity contribution in [1.29, 1.82) is 0 Å². The number of alkyl halides is 1. The zero-order valence-electron chi connectivity index (χ0n) is 6.82. The minimum absolute atomic E-state index is 0.464. The van der Waals surface area contributed by atoms with E-state index in [0.717, 1.165) is 5.69 Å². The molecule has 0 saturated heterocycles. The lowest BCUT2D eigenvalue weighted by Gasteiger charge is -2.08. The fraction of sp³-hybridized carbons (Fsp3) is 0.333. The molecule has 2 heteroatoms. The predicted molar refractivity (Wildman–Crippen MR) is 50.3 cm³/mol. The van der Waals surface area contributed by atoms with Gasteiger partial charge in [0.05, 0.1) is 6.00 Å². The third-order valence-electron chi connectivity index (χ3n) is 1.72. The van der Waals surface area contributed by atoms with Gasteiger partial charge in [-0.15, -0.1) is 11.6 Å². The highest BCUT2D eigenvalue weighted by Gasteiger charge is 1.98. The highest BCUT2D eigenvalue weighted by Crippen LogP contribution is 2.18. The maximum atomic E-state index is 5.57. The van der Waals surface area contributed by atoms with Crippen LogP contribution in [0.1, 0.15) is 11.1 Å². The molecule has 0 aliphatic carbocycles. The Hall–Kier alpha value is -0.690. The topological polar surface area (TPSA) is 12.0 Å². The molecule has 0 amide bonds. The van der Waals surface area contributed by atoms with Crippen molar-refractivity contribution >= 4 is 17.3 Å². The summed E-state index contributed by atoms with van der Waals surface area (Å²) < 4.78 is 0. The number of aryl methyl sites for hydroxylation is 2. The van der Waals surface area contributed by atoms with Gasteiger partial charge in [-0.25, -0.2) is 0 Å². The van der Waals surface area contributed by atoms with Gasteiger partial charge in [0.1, 0.15) is 0 Å². The van der Waals surface area contributed by atoms with Crippen molar-refractivity contribution in [1.82, 2.24) is 0 Å². The average Bonchev–Trinajstić information content (AvgIpc) is 1.97. The summed E-state index contributed by atoms with van der Waals surface area (Å²) in [5, 5.41) is 3.11. The minimum atomic E-state index is 0.464. The van der Waals surface area contributed by atoms with Gasteiger partial charge in [0, 0.05) is 5.69 Å². The standard InChI is InChI=1S/C9H12ClN/c1-7-4-3-5-8(2)9(7)11-6-10/h3-5,11H,6H2,1-2H3. The highest BCUT2D eigenvalue weighted by atomic mass is 35.5. The molecule has 1 aromatic carbocycles. The van der Waals surface area contributed by atoms with E-state index in [4.69, 9.17) is 11.6 Å². The van der Waals surface area contributed by atoms with E-state index < -0.39 is 0 Å². The second-order valence-electron chi connectivity index (χ2n) is 2.58. The second-order valence-corrected chi connectivity index (χ2v) is 2.84. The molecule has 0 bridgehead atoms. The zero-order chi connectivity index (χ0) is 8.27. The summed E-state index contributed by atoms with van der Waals surface area (Å²) in [4.78, 5) is 0. The number of hydrogen-bond donors (Lipinski definition) is 1. The van der Waals surface area contributed by atoms with E-state index in [0.29, 0.717) is 6.00 Å². The molecule has 0 aliphatic heterocycles. The molecule has 0 saturated carbocycles. The Morgan fingerprint density at radius 1 is 1.27 bits per heavy atom. The maximum Gasteiger partial charge on any atom is 0.0901 e. The summed E-state index contributed by atoms with van der Waals surface area (Å²) >= 11 is 5.57. The largest absolute Gasteiger partial charge is 0.371 e. The van der Waals surface area contributed by atoms with Crippen LogP contribution >= 0.6 is 11.6 Å². The molecule has 11 heavy (non-hydrogen) atoms. The van der Waals surface area contributed by atoms with Crippen LogP contribution in [0.15, 0.2) is 18.2 Å². The first-order chi connectivity index (χ1) is 5.25. The summed E-state index contributed by atoms with van der Waals surface area (Å²) in [7, 11) is 0. The normalized spacial score (nSPS) is 9.73. The van der Waals surface area contributed by atoms with Crippen LogP contribution in [0.3, 0.4) is 0 Å². The summed E-state index contributed by atoms with van der Waals surface area (Å²) in [5.74, 6) is 0. The second kappa shape index (κ2) is 3.63. The number of halogens is 1. The van der Waals surface area contributed by atoms with Gasteiger partial charge in [-0.2, -0.15) is 0 Å². The fourth-order valence-corrected chi connectivity index (χ4v) is 1.29. The van der Waals surface area contributed by atoms with Crippen molar-refractivity contribution in [2.45, 2.75) is 13.8 Å². The Labute approximate surface area is 72.4 Å². The first kappa shape index (κ1) is 8.41. The molecule has 1 rings (SSSR count). The van der Waals surface area contributed by atoms with Gasteiger partial charge in [0.15, 0.2) is 0 Å². The van der Waals surface area contributed by atoms with E-state index in [9.17, 15) is 0 Å². The molecule has 1 nitrogen and oxygen atoms in total. The van der Waals surface area contributed by atoms with E-state index in [2.05, 4.69) is 31.3 Å². The van der Waals surface area contributed by atoms with Gasteiger partial charge in [-0.3, -0.25) is 0 Å². The predicted octanol–water partition coefficient (Wildman–Crippen LogP) is 2.91. The first-order valence-corrected chi connectivity index (χ1v) is 4.15. The number of rotatable bonds is 2. The van der Waals surface area contributed by atoms with Gasteiger partial charge < -0.3 is 5.32 Å². The third kappa shape index (κ3) is 1.87. The summed E-state index contributed by atoms with van der Waals surface area (Å²) in [6.07, 6.45) is 0. The van der Waals surface area contributed by atoms with Gasteiger partial charge >= 0.3 is 0 Å². The van der Waals surface area contributed by atoms with Crippen LogP contribution in [0.2, 0.25) is 0 Å². The molecule has 0 unspecified atom stereocenters. The molecule has 1 aromatic rings. The summed E-state index contributed by atoms with van der Waals surface area (Å²) in [6, 6.07) is 6.65. The molecule has 1 N–H and O–H groups in total. The molecule has 0 aromatic heterocycles. The van der Waals surface area contributed by atoms with Gasteiger partial charge in [-0.05, 0) is 25.0 Å². The number of nitrogens with one attached hydrogen (secondary N) is 1. The molecular formula is C9H12ClN. The highest BCUT2D eigenvalue weighted by molar-refractivity contribution is 6.18. The van der Waals surface area contributed by atoms with Crippen LogP contribution in [0.5, 0.6) is 0 Å². The van der Waals surface area contributed by atoms with Crippen LogP contribution in [-0.4, -0.2) is 6.00 Å². The smallest absolute Gasteiger partial charge is 0.0901 e. The lowest BCUT2D eigenvalue weighted by molar-refractivity contribution is 1.32. The SMILES string of the molecule is Cc1cccc(C)c1NCCl. The van der Waals surface area contributed by atoms with Crippen LogP contribution < -0.4 is 5.32 Å². The molecule has 0 aliphatic rings. The molecule has 0 radical (unpaired) electrons. The third-order valence-corrected chi connectivity index (χ3v) is 1.86. The molecular weight excluding hydrogens is 158 g/mol. The van der Waals surface area contributed by atoms with E-state index in [-0.39, 0.29) is 0 Å². The number of hydrogen-bond acceptors (Lipinski definition) is 1. The van der Waals surface area contributed by atoms with Crippen molar-refractivity contribution in [2.75, 3.05) is 11.3 Å².